The lowest BCUT2D eigenvalue weighted by molar-refractivity contribution is -0.134. The van der Waals surface area contributed by atoms with Crippen molar-refractivity contribution in [1.82, 2.24) is 10.2 Å². The predicted molar refractivity (Wildman–Crippen MR) is 59.8 cm³/mol. The number of likely N-dealkylation sites (tertiary alicyclic amines) is 1. The lowest BCUT2D eigenvalue weighted by atomic mass is 10.4. The van der Waals surface area contributed by atoms with E-state index in [2.05, 4.69) is 19.2 Å². The van der Waals surface area contributed by atoms with Crippen LogP contribution in [0, 0.1) is 0 Å². The van der Waals surface area contributed by atoms with Crippen molar-refractivity contribution in [2.24, 2.45) is 0 Å². The van der Waals surface area contributed by atoms with E-state index in [1.165, 1.54) is 0 Å². The second-order valence-electron chi connectivity index (χ2n) is 4.25. The van der Waals surface area contributed by atoms with Gasteiger partial charge in [-0.1, -0.05) is 13.8 Å². The minimum Gasteiger partial charge on any atom is -0.370 e. The highest BCUT2D eigenvalue weighted by molar-refractivity contribution is 5.77. The molecule has 1 heterocycles. The number of rotatable bonds is 6. The summed E-state index contributed by atoms with van der Waals surface area (Å²) >= 11 is 0. The summed E-state index contributed by atoms with van der Waals surface area (Å²) in [6, 6.07) is 0.475. The minimum absolute atomic E-state index is 0.136. The lowest BCUT2D eigenvalue weighted by Crippen LogP contribution is -2.33. The molecule has 1 aliphatic heterocycles. The SMILES string of the molecule is CC(C)NCCOCC(=O)N1CCCC1. The molecule has 0 saturated carbocycles. The molecule has 0 atom stereocenters. The van der Waals surface area contributed by atoms with E-state index in [-0.39, 0.29) is 12.5 Å². The third kappa shape index (κ3) is 5.14. The van der Waals surface area contributed by atoms with Crippen LogP contribution in [-0.2, 0) is 9.53 Å². The monoisotopic (exact) mass is 214 g/mol. The van der Waals surface area contributed by atoms with E-state index in [1.807, 2.05) is 4.90 Å². The van der Waals surface area contributed by atoms with Crippen molar-refractivity contribution in [1.29, 1.82) is 0 Å². The number of nitrogens with zero attached hydrogens (tertiary/aromatic N) is 1. The maximum atomic E-state index is 11.5. The molecule has 1 rings (SSSR count). The van der Waals surface area contributed by atoms with Crippen LogP contribution in [0.25, 0.3) is 0 Å². The summed E-state index contributed by atoms with van der Waals surface area (Å²) in [4.78, 5) is 13.4. The molecular weight excluding hydrogens is 192 g/mol. The summed E-state index contributed by atoms with van der Waals surface area (Å²) in [5.41, 5.74) is 0. The van der Waals surface area contributed by atoms with Crippen molar-refractivity contribution in [3.8, 4) is 0 Å². The molecule has 4 heteroatoms. The van der Waals surface area contributed by atoms with E-state index < -0.39 is 0 Å². The summed E-state index contributed by atoms with van der Waals surface area (Å²) in [6.45, 7) is 7.66. The average molecular weight is 214 g/mol. The maximum absolute atomic E-state index is 11.5. The summed E-state index contributed by atoms with van der Waals surface area (Å²) in [6.07, 6.45) is 2.28. The Labute approximate surface area is 92.0 Å². The number of nitrogens with one attached hydrogen (secondary N) is 1. The molecule has 1 amide bonds. The molecule has 1 aliphatic rings. The van der Waals surface area contributed by atoms with Crippen LogP contribution in [0.1, 0.15) is 26.7 Å². The van der Waals surface area contributed by atoms with Crippen molar-refractivity contribution in [2.75, 3.05) is 32.8 Å². The van der Waals surface area contributed by atoms with Gasteiger partial charge in [-0.3, -0.25) is 4.79 Å². The van der Waals surface area contributed by atoms with Crippen LogP contribution >= 0.6 is 0 Å². The van der Waals surface area contributed by atoms with Gasteiger partial charge >= 0.3 is 0 Å². The quantitative estimate of drug-likeness (QED) is 0.659. The molecule has 0 aliphatic carbocycles. The van der Waals surface area contributed by atoms with E-state index in [1.54, 1.807) is 0 Å². The first-order valence-electron chi connectivity index (χ1n) is 5.79. The Bertz CT molecular complexity index is 189. The summed E-state index contributed by atoms with van der Waals surface area (Å²) < 4.78 is 5.30. The van der Waals surface area contributed by atoms with Crippen molar-refractivity contribution in [3.63, 3.8) is 0 Å². The van der Waals surface area contributed by atoms with Crippen molar-refractivity contribution in [3.05, 3.63) is 0 Å². The summed E-state index contributed by atoms with van der Waals surface area (Å²) in [7, 11) is 0. The van der Waals surface area contributed by atoms with E-state index in [9.17, 15) is 4.79 Å². The largest absolute Gasteiger partial charge is 0.370 e. The van der Waals surface area contributed by atoms with Crippen molar-refractivity contribution < 1.29 is 9.53 Å². The first kappa shape index (κ1) is 12.5. The average Bonchev–Trinajstić information content (AvgIpc) is 2.69. The molecule has 88 valence electrons. The Hall–Kier alpha value is -0.610. The molecular formula is C11H22N2O2. The number of carbonyl (C=O) groups excluding carboxylic acids is 1. The lowest BCUT2D eigenvalue weighted by Gasteiger charge is -2.15. The van der Waals surface area contributed by atoms with Gasteiger partial charge in [-0.05, 0) is 12.8 Å². The predicted octanol–water partition coefficient (Wildman–Crippen LogP) is 0.623. The van der Waals surface area contributed by atoms with Gasteiger partial charge in [-0.25, -0.2) is 0 Å². The van der Waals surface area contributed by atoms with Gasteiger partial charge in [0.05, 0.1) is 6.61 Å². The zero-order chi connectivity index (χ0) is 11.1. The molecule has 0 aromatic rings. The molecule has 0 bridgehead atoms. The number of carbonyl (C=O) groups is 1. The van der Waals surface area contributed by atoms with Crippen LogP contribution in [-0.4, -0.2) is 49.7 Å². The molecule has 1 saturated heterocycles. The highest BCUT2D eigenvalue weighted by atomic mass is 16.5. The van der Waals surface area contributed by atoms with Crippen molar-refractivity contribution >= 4 is 5.91 Å². The maximum Gasteiger partial charge on any atom is 0.248 e. The fraction of sp³-hybridized carbons (Fsp3) is 0.909. The zero-order valence-electron chi connectivity index (χ0n) is 9.79. The Balaban J connectivity index is 1.97. The Morgan fingerprint density at radius 3 is 2.67 bits per heavy atom. The fourth-order valence-corrected chi connectivity index (χ4v) is 1.64. The second kappa shape index (κ2) is 6.80. The molecule has 0 spiro atoms. The Morgan fingerprint density at radius 1 is 1.40 bits per heavy atom. The molecule has 1 fully saturated rings. The summed E-state index contributed by atoms with van der Waals surface area (Å²) in [5, 5.41) is 3.24. The zero-order valence-corrected chi connectivity index (χ0v) is 9.79. The molecule has 4 nitrogen and oxygen atoms in total. The van der Waals surface area contributed by atoms with Gasteiger partial charge in [0, 0.05) is 25.7 Å². The van der Waals surface area contributed by atoms with Gasteiger partial charge < -0.3 is 15.0 Å². The van der Waals surface area contributed by atoms with Gasteiger partial charge in [0.15, 0.2) is 0 Å². The van der Waals surface area contributed by atoms with Gasteiger partial charge in [0.1, 0.15) is 6.61 Å². The first-order valence-corrected chi connectivity index (χ1v) is 5.79. The third-order valence-corrected chi connectivity index (χ3v) is 2.48. The van der Waals surface area contributed by atoms with E-state index in [0.29, 0.717) is 12.6 Å². The van der Waals surface area contributed by atoms with E-state index in [0.717, 1.165) is 32.5 Å². The first-order chi connectivity index (χ1) is 7.20. The number of hydrogen-bond acceptors (Lipinski definition) is 3. The number of hydrogen-bond donors (Lipinski definition) is 1. The second-order valence-corrected chi connectivity index (χ2v) is 4.25. The van der Waals surface area contributed by atoms with Gasteiger partial charge in [0.25, 0.3) is 0 Å². The molecule has 0 aromatic heterocycles. The van der Waals surface area contributed by atoms with Crippen molar-refractivity contribution in [2.45, 2.75) is 32.7 Å². The van der Waals surface area contributed by atoms with Gasteiger partial charge in [0.2, 0.25) is 5.91 Å². The Morgan fingerprint density at radius 2 is 2.07 bits per heavy atom. The van der Waals surface area contributed by atoms with Crippen LogP contribution < -0.4 is 5.32 Å². The van der Waals surface area contributed by atoms with E-state index >= 15 is 0 Å². The molecule has 0 unspecified atom stereocenters. The molecule has 0 aromatic carbocycles. The van der Waals surface area contributed by atoms with E-state index in [4.69, 9.17) is 4.74 Å². The standard InChI is InChI=1S/C11H22N2O2/c1-10(2)12-5-8-15-9-11(14)13-6-3-4-7-13/h10,12H,3-9H2,1-2H3. The normalized spacial score (nSPS) is 16.3. The fourth-order valence-electron chi connectivity index (χ4n) is 1.64. The third-order valence-electron chi connectivity index (χ3n) is 2.48. The Kier molecular flexibility index (Phi) is 5.65. The summed E-state index contributed by atoms with van der Waals surface area (Å²) in [5.74, 6) is 0.136. The van der Waals surface area contributed by atoms with Crippen LogP contribution in [0.15, 0.2) is 0 Å². The van der Waals surface area contributed by atoms with Gasteiger partial charge in [-0.15, -0.1) is 0 Å². The van der Waals surface area contributed by atoms with Crippen LogP contribution in [0.5, 0.6) is 0 Å². The van der Waals surface area contributed by atoms with Gasteiger partial charge in [-0.2, -0.15) is 0 Å². The molecule has 1 N–H and O–H groups in total. The topological polar surface area (TPSA) is 41.6 Å². The van der Waals surface area contributed by atoms with Crippen LogP contribution in [0.3, 0.4) is 0 Å². The van der Waals surface area contributed by atoms with Crippen LogP contribution in [0.2, 0.25) is 0 Å². The smallest absolute Gasteiger partial charge is 0.248 e. The molecule has 0 radical (unpaired) electrons. The minimum atomic E-state index is 0.136. The number of ether oxygens (including phenoxy) is 1. The van der Waals surface area contributed by atoms with Crippen LogP contribution in [0.4, 0.5) is 0 Å². The highest BCUT2D eigenvalue weighted by Crippen LogP contribution is 2.07. The molecule has 15 heavy (non-hydrogen) atoms. The number of amides is 1. The highest BCUT2D eigenvalue weighted by Gasteiger charge is 2.17.